The lowest BCUT2D eigenvalue weighted by molar-refractivity contribution is -0.147. The highest BCUT2D eigenvalue weighted by Crippen LogP contribution is 2.40. The van der Waals surface area contributed by atoms with Gasteiger partial charge < -0.3 is 5.11 Å². The van der Waals surface area contributed by atoms with E-state index in [2.05, 4.69) is 0 Å². The number of carboxylic acids is 1. The second-order valence-electron chi connectivity index (χ2n) is 3.84. The first-order valence-corrected chi connectivity index (χ1v) is 3.76. The van der Waals surface area contributed by atoms with Crippen LogP contribution >= 0.6 is 0 Å². The smallest absolute Gasteiger partial charge is 0.309 e. The fraction of sp³-hybridized carbons (Fsp3) is 0.875. The van der Waals surface area contributed by atoms with Crippen molar-refractivity contribution in [2.24, 2.45) is 11.3 Å². The summed E-state index contributed by atoms with van der Waals surface area (Å²) >= 11 is 0. The van der Waals surface area contributed by atoms with Crippen LogP contribution < -0.4 is 0 Å². The van der Waals surface area contributed by atoms with Crippen LogP contribution in [0.4, 0.5) is 0 Å². The molecule has 0 spiro atoms. The van der Waals surface area contributed by atoms with Crippen LogP contribution in [0, 0.1) is 11.3 Å². The first-order chi connectivity index (χ1) is 4.52. The molecule has 1 N–H and O–H groups in total. The van der Waals surface area contributed by atoms with Gasteiger partial charge in [-0.3, -0.25) is 4.79 Å². The largest absolute Gasteiger partial charge is 0.481 e. The Balaban J connectivity index is 2.40. The summed E-state index contributed by atoms with van der Waals surface area (Å²) in [6.07, 6.45) is 3.32. The summed E-state index contributed by atoms with van der Waals surface area (Å²) in [6.45, 7) is 3.60. The van der Waals surface area contributed by atoms with Gasteiger partial charge in [-0.05, 0) is 26.2 Å². The van der Waals surface area contributed by atoms with Crippen LogP contribution in [-0.4, -0.2) is 11.1 Å². The maximum Gasteiger partial charge on any atom is 0.309 e. The van der Waals surface area contributed by atoms with Crippen molar-refractivity contribution in [3.8, 4) is 0 Å². The van der Waals surface area contributed by atoms with Gasteiger partial charge in [0.15, 0.2) is 0 Å². The minimum Gasteiger partial charge on any atom is -0.481 e. The van der Waals surface area contributed by atoms with Gasteiger partial charge in [-0.2, -0.15) is 0 Å². The van der Waals surface area contributed by atoms with E-state index in [1.807, 2.05) is 0 Å². The fourth-order valence-electron chi connectivity index (χ4n) is 1.13. The Labute approximate surface area is 61.2 Å². The van der Waals surface area contributed by atoms with Gasteiger partial charge >= 0.3 is 5.97 Å². The highest BCUT2D eigenvalue weighted by molar-refractivity contribution is 5.73. The Kier molecular flexibility index (Phi) is 1.71. The number of hydrogen-bond acceptors (Lipinski definition) is 1. The zero-order valence-corrected chi connectivity index (χ0v) is 6.55. The third kappa shape index (κ3) is 1.72. The number of hydrogen-bond donors (Lipinski definition) is 1. The van der Waals surface area contributed by atoms with Gasteiger partial charge in [0.25, 0.3) is 0 Å². The molecule has 1 aliphatic rings. The minimum atomic E-state index is -0.667. The second-order valence-corrected chi connectivity index (χ2v) is 3.84. The summed E-state index contributed by atoms with van der Waals surface area (Å²) < 4.78 is 0. The molecule has 10 heavy (non-hydrogen) atoms. The Morgan fingerprint density at radius 3 is 2.40 bits per heavy atom. The molecule has 1 rings (SSSR count). The van der Waals surface area contributed by atoms with E-state index in [4.69, 9.17) is 5.11 Å². The molecule has 0 amide bonds. The SMILES string of the molecule is CC(C)(CC1CC1)C(=O)O. The summed E-state index contributed by atoms with van der Waals surface area (Å²) in [7, 11) is 0. The third-order valence-electron chi connectivity index (χ3n) is 2.07. The molecule has 0 atom stereocenters. The number of carboxylic acid groups (broad SMARTS) is 1. The summed E-state index contributed by atoms with van der Waals surface area (Å²) in [5, 5.41) is 8.72. The molecule has 0 aromatic heterocycles. The highest BCUT2D eigenvalue weighted by Gasteiger charge is 2.34. The lowest BCUT2D eigenvalue weighted by Gasteiger charge is -2.17. The van der Waals surface area contributed by atoms with Crippen molar-refractivity contribution in [3.63, 3.8) is 0 Å². The molecule has 0 aromatic carbocycles. The average molecular weight is 142 g/mol. The molecule has 0 saturated heterocycles. The van der Waals surface area contributed by atoms with Crippen molar-refractivity contribution >= 4 is 5.97 Å². The van der Waals surface area contributed by atoms with Gasteiger partial charge in [-0.25, -0.2) is 0 Å². The van der Waals surface area contributed by atoms with Gasteiger partial charge in [0, 0.05) is 0 Å². The minimum absolute atomic E-state index is 0.499. The Morgan fingerprint density at radius 1 is 1.60 bits per heavy atom. The van der Waals surface area contributed by atoms with Crippen LogP contribution in [0.3, 0.4) is 0 Å². The summed E-state index contributed by atoms with van der Waals surface area (Å²) in [6, 6.07) is 0. The predicted octanol–water partition coefficient (Wildman–Crippen LogP) is 1.90. The van der Waals surface area contributed by atoms with Crippen LogP contribution in [0.15, 0.2) is 0 Å². The van der Waals surface area contributed by atoms with Crippen molar-refractivity contribution in [1.82, 2.24) is 0 Å². The van der Waals surface area contributed by atoms with Crippen molar-refractivity contribution in [2.75, 3.05) is 0 Å². The molecule has 0 bridgehead atoms. The molecule has 0 unspecified atom stereocenters. The van der Waals surface area contributed by atoms with E-state index in [1.54, 1.807) is 13.8 Å². The molecule has 1 aliphatic carbocycles. The first-order valence-electron chi connectivity index (χ1n) is 3.76. The van der Waals surface area contributed by atoms with E-state index in [0.29, 0.717) is 5.92 Å². The lowest BCUT2D eigenvalue weighted by atomic mass is 9.87. The number of aliphatic carboxylic acids is 1. The quantitative estimate of drug-likeness (QED) is 0.653. The maximum absolute atomic E-state index is 10.6. The zero-order valence-electron chi connectivity index (χ0n) is 6.55. The molecule has 1 fully saturated rings. The summed E-state index contributed by atoms with van der Waals surface area (Å²) in [5.41, 5.74) is -0.499. The molecule has 0 aromatic rings. The second kappa shape index (κ2) is 2.26. The molecule has 0 aliphatic heterocycles. The standard InChI is InChI=1S/C8H14O2/c1-8(2,7(9)10)5-6-3-4-6/h6H,3-5H2,1-2H3,(H,9,10). The van der Waals surface area contributed by atoms with Crippen LogP contribution in [0.25, 0.3) is 0 Å². The topological polar surface area (TPSA) is 37.3 Å². The van der Waals surface area contributed by atoms with E-state index in [9.17, 15) is 4.79 Å². The Bertz CT molecular complexity index is 145. The van der Waals surface area contributed by atoms with E-state index in [-0.39, 0.29) is 0 Å². The highest BCUT2D eigenvalue weighted by atomic mass is 16.4. The van der Waals surface area contributed by atoms with Crippen molar-refractivity contribution in [2.45, 2.75) is 33.1 Å². The average Bonchev–Trinajstić information content (AvgIpc) is 2.48. The van der Waals surface area contributed by atoms with Gasteiger partial charge in [-0.15, -0.1) is 0 Å². The van der Waals surface area contributed by atoms with E-state index in [0.717, 1.165) is 6.42 Å². The molecule has 2 heteroatoms. The van der Waals surface area contributed by atoms with Crippen LogP contribution in [0.2, 0.25) is 0 Å². The molecular formula is C8H14O2. The zero-order chi connectivity index (χ0) is 7.78. The van der Waals surface area contributed by atoms with Crippen LogP contribution in [-0.2, 0) is 4.79 Å². The molecule has 1 saturated carbocycles. The van der Waals surface area contributed by atoms with Crippen LogP contribution in [0.5, 0.6) is 0 Å². The van der Waals surface area contributed by atoms with E-state index < -0.39 is 11.4 Å². The van der Waals surface area contributed by atoms with Crippen molar-refractivity contribution < 1.29 is 9.90 Å². The number of carbonyl (C=O) groups is 1. The number of rotatable bonds is 3. The van der Waals surface area contributed by atoms with Gasteiger partial charge in [0.05, 0.1) is 5.41 Å². The van der Waals surface area contributed by atoms with Gasteiger partial charge in [0.1, 0.15) is 0 Å². The summed E-state index contributed by atoms with van der Waals surface area (Å²) in [4.78, 5) is 10.6. The van der Waals surface area contributed by atoms with Crippen molar-refractivity contribution in [3.05, 3.63) is 0 Å². The molecule has 58 valence electrons. The molecule has 0 heterocycles. The Morgan fingerprint density at radius 2 is 2.10 bits per heavy atom. The van der Waals surface area contributed by atoms with E-state index in [1.165, 1.54) is 12.8 Å². The fourth-order valence-corrected chi connectivity index (χ4v) is 1.13. The summed E-state index contributed by atoms with van der Waals surface area (Å²) in [5.74, 6) is 0.0329. The van der Waals surface area contributed by atoms with Gasteiger partial charge in [-0.1, -0.05) is 12.8 Å². The Hall–Kier alpha value is -0.530. The third-order valence-corrected chi connectivity index (χ3v) is 2.07. The maximum atomic E-state index is 10.6. The monoisotopic (exact) mass is 142 g/mol. The van der Waals surface area contributed by atoms with E-state index >= 15 is 0 Å². The molecule has 2 nitrogen and oxygen atoms in total. The van der Waals surface area contributed by atoms with Crippen LogP contribution in [0.1, 0.15) is 33.1 Å². The lowest BCUT2D eigenvalue weighted by Crippen LogP contribution is -2.23. The van der Waals surface area contributed by atoms with Crippen molar-refractivity contribution in [1.29, 1.82) is 0 Å². The normalized spacial score (nSPS) is 19.0. The predicted molar refractivity (Wildman–Crippen MR) is 38.8 cm³/mol. The van der Waals surface area contributed by atoms with Gasteiger partial charge in [0.2, 0.25) is 0 Å². The first kappa shape index (κ1) is 7.58. The molecule has 0 radical (unpaired) electrons. The molecular weight excluding hydrogens is 128 g/mol.